The number of cyclic esters (lactones) is 1. The molecule has 3 aromatic carbocycles. The van der Waals surface area contributed by atoms with E-state index in [4.69, 9.17) is 37.4 Å². The number of hydrogen-bond donors (Lipinski definition) is 0. The highest BCUT2D eigenvalue weighted by Gasteiger charge is 2.24. The van der Waals surface area contributed by atoms with E-state index in [-0.39, 0.29) is 18.2 Å². The van der Waals surface area contributed by atoms with Gasteiger partial charge in [0.15, 0.2) is 5.70 Å². The monoisotopic (exact) mass is 453 g/mol. The highest BCUT2D eigenvalue weighted by Crippen LogP contribution is 2.30. The Morgan fingerprint density at radius 1 is 1.00 bits per heavy atom. The van der Waals surface area contributed by atoms with Gasteiger partial charge in [0, 0.05) is 11.1 Å². The molecular weight excluding hydrogens is 437 g/mol. The first-order valence-electron chi connectivity index (χ1n) is 9.36. The van der Waals surface area contributed by atoms with Gasteiger partial charge in [-0.2, -0.15) is 0 Å². The maximum atomic E-state index is 12.4. The topological polar surface area (TPSA) is 57.1 Å². The summed E-state index contributed by atoms with van der Waals surface area (Å²) in [5.74, 6) is 0.901. The highest BCUT2D eigenvalue weighted by molar-refractivity contribution is 6.42. The second-order valence-corrected chi connectivity index (χ2v) is 7.46. The number of aliphatic imine (C=N–C) groups is 1. The number of halogens is 2. The number of nitrogens with zero attached hydrogens (tertiary/aromatic N) is 1. The van der Waals surface area contributed by atoms with Crippen molar-refractivity contribution in [2.75, 3.05) is 7.11 Å². The summed E-state index contributed by atoms with van der Waals surface area (Å²) in [6, 6.07) is 19.8. The molecule has 0 saturated heterocycles. The molecule has 0 radical (unpaired) electrons. The van der Waals surface area contributed by atoms with Crippen LogP contribution in [-0.2, 0) is 16.1 Å². The summed E-state index contributed by atoms with van der Waals surface area (Å²) in [6.07, 6.45) is 1.62. The number of methoxy groups -OCH3 is 1. The van der Waals surface area contributed by atoms with E-state index in [1.54, 1.807) is 43.5 Å². The molecule has 1 aliphatic rings. The van der Waals surface area contributed by atoms with E-state index in [0.717, 1.165) is 11.1 Å². The molecule has 31 heavy (non-hydrogen) atoms. The molecule has 0 atom stereocenters. The minimum Gasteiger partial charge on any atom is -0.497 e. The predicted molar refractivity (Wildman–Crippen MR) is 121 cm³/mol. The van der Waals surface area contributed by atoms with Gasteiger partial charge >= 0.3 is 5.97 Å². The van der Waals surface area contributed by atoms with Crippen molar-refractivity contribution in [2.24, 2.45) is 4.99 Å². The van der Waals surface area contributed by atoms with Crippen molar-refractivity contribution in [1.29, 1.82) is 0 Å². The molecule has 156 valence electrons. The van der Waals surface area contributed by atoms with Gasteiger partial charge < -0.3 is 14.2 Å². The Morgan fingerprint density at radius 2 is 1.81 bits per heavy atom. The van der Waals surface area contributed by atoms with E-state index in [1.165, 1.54) is 0 Å². The molecule has 0 aromatic heterocycles. The largest absolute Gasteiger partial charge is 0.497 e. The molecule has 1 aliphatic heterocycles. The van der Waals surface area contributed by atoms with Crippen LogP contribution in [0.4, 0.5) is 0 Å². The van der Waals surface area contributed by atoms with Crippen LogP contribution in [0, 0.1) is 0 Å². The number of ether oxygens (including phenoxy) is 3. The lowest BCUT2D eigenvalue weighted by molar-refractivity contribution is -0.129. The summed E-state index contributed by atoms with van der Waals surface area (Å²) in [5.41, 5.74) is 2.38. The summed E-state index contributed by atoms with van der Waals surface area (Å²) in [6.45, 7) is 0.266. The van der Waals surface area contributed by atoms with Crippen molar-refractivity contribution in [3.8, 4) is 11.5 Å². The van der Waals surface area contributed by atoms with Crippen LogP contribution in [0.25, 0.3) is 6.08 Å². The van der Waals surface area contributed by atoms with Crippen LogP contribution in [0.3, 0.4) is 0 Å². The average molecular weight is 454 g/mol. The Labute approximate surface area is 189 Å². The van der Waals surface area contributed by atoms with Crippen LogP contribution in [0.2, 0.25) is 10.0 Å². The van der Waals surface area contributed by atoms with E-state index in [1.807, 2.05) is 36.4 Å². The molecule has 7 heteroatoms. The third kappa shape index (κ3) is 4.90. The van der Waals surface area contributed by atoms with Crippen LogP contribution in [-0.4, -0.2) is 19.0 Å². The second-order valence-electron chi connectivity index (χ2n) is 6.64. The Balaban J connectivity index is 1.63. The van der Waals surface area contributed by atoms with Crippen LogP contribution < -0.4 is 9.47 Å². The minimum absolute atomic E-state index is 0.173. The van der Waals surface area contributed by atoms with E-state index in [0.29, 0.717) is 27.1 Å². The molecule has 0 unspecified atom stereocenters. The van der Waals surface area contributed by atoms with E-state index in [9.17, 15) is 4.79 Å². The van der Waals surface area contributed by atoms with Crippen LogP contribution >= 0.6 is 23.2 Å². The SMILES string of the molecule is COc1ccc(OCc2ccc(Cl)c(Cl)c2)c(/C=C2\N=C(c3ccccc3)OC2=O)c1. The van der Waals surface area contributed by atoms with E-state index >= 15 is 0 Å². The van der Waals surface area contributed by atoms with Crippen molar-refractivity contribution >= 4 is 41.1 Å². The zero-order valence-electron chi connectivity index (χ0n) is 16.5. The lowest BCUT2D eigenvalue weighted by atomic mass is 10.1. The third-order valence-corrected chi connectivity index (χ3v) is 5.27. The molecule has 5 nitrogen and oxygen atoms in total. The van der Waals surface area contributed by atoms with Gasteiger partial charge in [-0.1, -0.05) is 47.5 Å². The van der Waals surface area contributed by atoms with Crippen LogP contribution in [0.1, 0.15) is 16.7 Å². The molecule has 3 aromatic rings. The molecule has 0 spiro atoms. The number of rotatable bonds is 6. The van der Waals surface area contributed by atoms with Crippen molar-refractivity contribution in [3.63, 3.8) is 0 Å². The fraction of sp³-hybridized carbons (Fsp3) is 0.0833. The summed E-state index contributed by atoms with van der Waals surface area (Å²) >= 11 is 12.1. The molecule has 0 amide bonds. The van der Waals surface area contributed by atoms with Gasteiger partial charge in [-0.05, 0) is 54.1 Å². The van der Waals surface area contributed by atoms with Crippen molar-refractivity contribution < 1.29 is 19.0 Å². The Bertz CT molecular complexity index is 1190. The minimum atomic E-state index is -0.530. The number of benzene rings is 3. The lowest BCUT2D eigenvalue weighted by Crippen LogP contribution is -2.05. The lowest BCUT2D eigenvalue weighted by Gasteiger charge is -2.11. The van der Waals surface area contributed by atoms with E-state index in [2.05, 4.69) is 4.99 Å². The second kappa shape index (κ2) is 9.25. The quantitative estimate of drug-likeness (QED) is 0.343. The van der Waals surface area contributed by atoms with Gasteiger partial charge in [0.05, 0.1) is 17.2 Å². The molecule has 1 heterocycles. The van der Waals surface area contributed by atoms with Gasteiger partial charge in [-0.25, -0.2) is 9.79 Å². The number of hydrogen-bond acceptors (Lipinski definition) is 5. The summed E-state index contributed by atoms with van der Waals surface area (Å²) in [5, 5.41) is 0.934. The number of carbonyl (C=O) groups excluding carboxylic acids is 1. The van der Waals surface area contributed by atoms with Gasteiger partial charge in [0.1, 0.15) is 18.1 Å². The Kier molecular flexibility index (Phi) is 6.26. The fourth-order valence-electron chi connectivity index (χ4n) is 2.95. The molecule has 0 bridgehead atoms. The van der Waals surface area contributed by atoms with E-state index < -0.39 is 5.97 Å². The summed E-state index contributed by atoms with van der Waals surface area (Å²) in [4.78, 5) is 16.7. The third-order valence-electron chi connectivity index (χ3n) is 4.53. The molecule has 0 N–H and O–H groups in total. The van der Waals surface area contributed by atoms with Crippen molar-refractivity contribution in [2.45, 2.75) is 6.61 Å². The molecular formula is C24H17Cl2NO4. The first-order valence-corrected chi connectivity index (χ1v) is 10.1. The van der Waals surface area contributed by atoms with Gasteiger partial charge in [0.2, 0.25) is 5.90 Å². The first kappa shape index (κ1) is 21.0. The van der Waals surface area contributed by atoms with Crippen molar-refractivity contribution in [3.05, 3.63) is 99.2 Å². The molecule has 4 rings (SSSR count). The zero-order chi connectivity index (χ0) is 21.8. The maximum Gasteiger partial charge on any atom is 0.363 e. The van der Waals surface area contributed by atoms with Crippen LogP contribution in [0.15, 0.2) is 77.4 Å². The first-order chi connectivity index (χ1) is 15.0. The predicted octanol–water partition coefficient (Wildman–Crippen LogP) is 5.93. The highest BCUT2D eigenvalue weighted by atomic mass is 35.5. The van der Waals surface area contributed by atoms with Gasteiger partial charge in [0.25, 0.3) is 0 Å². The van der Waals surface area contributed by atoms with Crippen molar-refractivity contribution in [1.82, 2.24) is 0 Å². The Morgan fingerprint density at radius 3 is 2.55 bits per heavy atom. The smallest absolute Gasteiger partial charge is 0.363 e. The fourth-order valence-corrected chi connectivity index (χ4v) is 3.27. The standard InChI is InChI=1S/C24H17Cl2NO4/c1-29-18-8-10-22(30-14-15-7-9-19(25)20(26)11-15)17(12-18)13-21-24(28)31-23(27-21)16-5-3-2-4-6-16/h2-13H,14H2,1H3/b21-13-. The van der Waals surface area contributed by atoms with Crippen LogP contribution in [0.5, 0.6) is 11.5 Å². The number of carbonyl (C=O) groups is 1. The molecule has 0 aliphatic carbocycles. The summed E-state index contributed by atoms with van der Waals surface area (Å²) < 4.78 is 16.6. The van der Waals surface area contributed by atoms with Gasteiger partial charge in [-0.3, -0.25) is 0 Å². The maximum absolute atomic E-state index is 12.4. The number of esters is 1. The van der Waals surface area contributed by atoms with Gasteiger partial charge in [-0.15, -0.1) is 0 Å². The zero-order valence-corrected chi connectivity index (χ0v) is 18.0. The summed E-state index contributed by atoms with van der Waals surface area (Å²) in [7, 11) is 1.57. The average Bonchev–Trinajstić information content (AvgIpc) is 3.16. The normalized spacial score (nSPS) is 14.4. The molecule has 0 saturated carbocycles. The molecule has 0 fully saturated rings. The Hall–Kier alpha value is -3.28.